The number of aromatic nitrogens is 1. The van der Waals surface area contributed by atoms with Crippen LogP contribution in [0.25, 0.3) is 0 Å². The zero-order valence-corrected chi connectivity index (χ0v) is 12.9. The molecule has 0 saturated heterocycles. The number of rotatable bonds is 3. The Kier molecular flexibility index (Phi) is 4.42. The van der Waals surface area contributed by atoms with Gasteiger partial charge in [0, 0.05) is 20.0 Å². The van der Waals surface area contributed by atoms with Crippen molar-refractivity contribution in [3.63, 3.8) is 0 Å². The van der Waals surface area contributed by atoms with Crippen LogP contribution in [-0.2, 0) is 0 Å². The number of carbonyl (C=O) groups is 1. The van der Waals surface area contributed by atoms with Gasteiger partial charge in [-0.2, -0.15) is 0 Å². The van der Waals surface area contributed by atoms with E-state index < -0.39 is 5.97 Å². The summed E-state index contributed by atoms with van der Waals surface area (Å²) in [5, 5.41) is 9.62. The van der Waals surface area contributed by atoms with E-state index >= 15 is 0 Å². The maximum absolute atomic E-state index is 11.2. The molecule has 0 bridgehead atoms. The van der Waals surface area contributed by atoms with E-state index in [9.17, 15) is 4.79 Å². The predicted octanol–water partition coefficient (Wildman–Crippen LogP) is 4.46. The van der Waals surface area contributed by atoms with Crippen LogP contribution in [0.4, 0.5) is 0 Å². The molecule has 0 aliphatic heterocycles. The van der Waals surface area contributed by atoms with Gasteiger partial charge >= 0.3 is 5.97 Å². The normalized spacial score (nSPS) is 10.3. The number of carboxylic acids is 1. The van der Waals surface area contributed by atoms with Crippen LogP contribution in [0.15, 0.2) is 55.4 Å². The molecule has 6 heteroatoms. The maximum Gasteiger partial charge on any atom is 0.338 e. The molecule has 1 heterocycles. The molecule has 0 unspecified atom stereocenters. The Hall–Kier alpha value is -0.850. The van der Waals surface area contributed by atoms with Crippen molar-refractivity contribution in [3.8, 4) is 0 Å². The highest BCUT2D eigenvalue weighted by Crippen LogP contribution is 2.34. The summed E-state index contributed by atoms with van der Waals surface area (Å²) in [6, 6.07) is 9.16. The highest BCUT2D eigenvalue weighted by Gasteiger charge is 2.14. The van der Waals surface area contributed by atoms with E-state index in [2.05, 4.69) is 36.8 Å². The van der Waals surface area contributed by atoms with E-state index in [1.165, 1.54) is 11.8 Å². The zero-order chi connectivity index (χ0) is 13.1. The van der Waals surface area contributed by atoms with Gasteiger partial charge in [0.1, 0.15) is 5.03 Å². The first-order valence-corrected chi connectivity index (χ1v) is 7.29. The zero-order valence-electron chi connectivity index (χ0n) is 8.93. The van der Waals surface area contributed by atoms with Gasteiger partial charge in [-0.1, -0.05) is 23.9 Å². The van der Waals surface area contributed by atoms with Crippen molar-refractivity contribution in [2.75, 3.05) is 0 Å². The highest BCUT2D eigenvalue weighted by atomic mass is 79.9. The minimum absolute atomic E-state index is 0.185. The van der Waals surface area contributed by atoms with Crippen LogP contribution in [0.3, 0.4) is 0 Å². The average molecular weight is 389 g/mol. The van der Waals surface area contributed by atoms with E-state index in [0.717, 1.165) is 9.37 Å². The predicted molar refractivity (Wildman–Crippen MR) is 77.2 cm³/mol. The quantitative estimate of drug-likeness (QED) is 0.843. The Bertz CT molecular complexity index is 604. The van der Waals surface area contributed by atoms with E-state index in [1.54, 1.807) is 12.3 Å². The molecule has 0 aliphatic rings. The first kappa shape index (κ1) is 13.6. The van der Waals surface area contributed by atoms with Crippen LogP contribution >= 0.6 is 43.6 Å². The molecule has 0 radical (unpaired) electrons. The number of pyridine rings is 1. The second-order valence-electron chi connectivity index (χ2n) is 3.34. The van der Waals surface area contributed by atoms with Gasteiger partial charge in [0.15, 0.2) is 0 Å². The van der Waals surface area contributed by atoms with Gasteiger partial charge in [-0.25, -0.2) is 9.78 Å². The van der Waals surface area contributed by atoms with Crippen LogP contribution in [0, 0.1) is 0 Å². The molecule has 1 N–H and O–H groups in total. The van der Waals surface area contributed by atoms with Gasteiger partial charge in [0.2, 0.25) is 0 Å². The smallest absolute Gasteiger partial charge is 0.338 e. The molecule has 0 aliphatic carbocycles. The fourth-order valence-corrected chi connectivity index (χ4v) is 3.03. The van der Waals surface area contributed by atoms with Crippen LogP contribution in [0.1, 0.15) is 10.4 Å². The van der Waals surface area contributed by atoms with Gasteiger partial charge in [-0.3, -0.25) is 0 Å². The number of aromatic carboxylic acids is 1. The summed E-state index contributed by atoms with van der Waals surface area (Å²) in [6.45, 7) is 0. The van der Waals surface area contributed by atoms with Crippen molar-refractivity contribution < 1.29 is 9.90 Å². The third-order valence-corrected chi connectivity index (χ3v) is 4.57. The lowest BCUT2D eigenvalue weighted by Crippen LogP contribution is -2.00. The van der Waals surface area contributed by atoms with Crippen LogP contribution in [0.2, 0.25) is 0 Å². The van der Waals surface area contributed by atoms with Gasteiger partial charge < -0.3 is 5.11 Å². The summed E-state index contributed by atoms with van der Waals surface area (Å²) in [6.07, 6.45) is 1.59. The molecule has 0 fully saturated rings. The highest BCUT2D eigenvalue weighted by molar-refractivity contribution is 9.10. The Labute approximate surface area is 125 Å². The largest absolute Gasteiger partial charge is 0.478 e. The van der Waals surface area contributed by atoms with Crippen molar-refractivity contribution in [2.24, 2.45) is 0 Å². The first-order chi connectivity index (χ1) is 8.58. The number of hydrogen-bond acceptors (Lipinski definition) is 3. The van der Waals surface area contributed by atoms with Crippen molar-refractivity contribution in [2.45, 2.75) is 9.92 Å². The third kappa shape index (κ3) is 3.13. The minimum atomic E-state index is -0.988. The molecular weight excluding hydrogens is 382 g/mol. The standard InChI is InChI=1S/C12H7Br2NO2S/c13-7-5-8(12(16)17)11(15-6-7)18-10-4-2-1-3-9(10)14/h1-6H,(H,16,17). The molecule has 0 saturated carbocycles. The van der Waals surface area contributed by atoms with Crippen molar-refractivity contribution in [3.05, 3.63) is 51.0 Å². The molecule has 2 aromatic rings. The summed E-state index contributed by atoms with van der Waals surface area (Å²) in [5.74, 6) is -0.988. The topological polar surface area (TPSA) is 50.2 Å². The molecule has 2 rings (SSSR count). The fourth-order valence-electron chi connectivity index (χ4n) is 1.29. The summed E-state index contributed by atoms with van der Waals surface area (Å²) >= 11 is 7.96. The van der Waals surface area contributed by atoms with E-state index in [4.69, 9.17) is 5.11 Å². The molecule has 0 spiro atoms. The molecule has 3 nitrogen and oxygen atoms in total. The fraction of sp³-hybridized carbons (Fsp3) is 0. The molecule has 92 valence electrons. The van der Waals surface area contributed by atoms with Gasteiger partial charge in [0.05, 0.1) is 5.56 Å². The molecule has 18 heavy (non-hydrogen) atoms. The number of benzene rings is 1. The third-order valence-electron chi connectivity index (χ3n) is 2.09. The summed E-state index contributed by atoms with van der Waals surface area (Å²) < 4.78 is 1.56. The van der Waals surface area contributed by atoms with Crippen molar-refractivity contribution in [1.29, 1.82) is 0 Å². The van der Waals surface area contributed by atoms with E-state index in [1.807, 2.05) is 24.3 Å². The molecule has 1 aromatic carbocycles. The van der Waals surface area contributed by atoms with Crippen molar-refractivity contribution in [1.82, 2.24) is 4.98 Å². The lowest BCUT2D eigenvalue weighted by atomic mass is 10.3. The van der Waals surface area contributed by atoms with Crippen LogP contribution in [-0.4, -0.2) is 16.1 Å². The number of carboxylic acid groups (broad SMARTS) is 1. The molecule has 0 amide bonds. The van der Waals surface area contributed by atoms with Crippen LogP contribution < -0.4 is 0 Å². The molecule has 0 atom stereocenters. The second-order valence-corrected chi connectivity index (χ2v) is 6.14. The summed E-state index contributed by atoms with van der Waals surface area (Å²) in [7, 11) is 0. The number of nitrogens with zero attached hydrogens (tertiary/aromatic N) is 1. The Morgan fingerprint density at radius 2 is 2.00 bits per heavy atom. The first-order valence-electron chi connectivity index (χ1n) is 4.89. The Morgan fingerprint density at radius 1 is 1.28 bits per heavy atom. The van der Waals surface area contributed by atoms with E-state index in [-0.39, 0.29) is 5.56 Å². The average Bonchev–Trinajstić information content (AvgIpc) is 2.34. The maximum atomic E-state index is 11.2. The van der Waals surface area contributed by atoms with E-state index in [0.29, 0.717) is 9.50 Å². The lowest BCUT2D eigenvalue weighted by Gasteiger charge is -2.06. The van der Waals surface area contributed by atoms with Crippen molar-refractivity contribution >= 4 is 49.6 Å². The molecular formula is C12H7Br2NO2S. The van der Waals surface area contributed by atoms with Gasteiger partial charge in [0.25, 0.3) is 0 Å². The van der Waals surface area contributed by atoms with Gasteiger partial charge in [-0.15, -0.1) is 0 Å². The lowest BCUT2D eigenvalue weighted by molar-refractivity contribution is 0.0692. The molecule has 1 aromatic heterocycles. The van der Waals surface area contributed by atoms with Gasteiger partial charge in [-0.05, 0) is 50.1 Å². The summed E-state index contributed by atoms with van der Waals surface area (Å²) in [4.78, 5) is 16.2. The Morgan fingerprint density at radius 3 is 2.67 bits per heavy atom. The SMILES string of the molecule is O=C(O)c1cc(Br)cnc1Sc1ccccc1Br. The number of halogens is 2. The monoisotopic (exact) mass is 387 g/mol. The Balaban J connectivity index is 2.41. The minimum Gasteiger partial charge on any atom is -0.478 e. The number of hydrogen-bond donors (Lipinski definition) is 1. The van der Waals surface area contributed by atoms with Crippen LogP contribution in [0.5, 0.6) is 0 Å². The second kappa shape index (κ2) is 5.86. The summed E-state index contributed by atoms with van der Waals surface area (Å²) in [5.41, 5.74) is 0.185.